The van der Waals surface area contributed by atoms with E-state index in [-0.39, 0.29) is 12.0 Å². The van der Waals surface area contributed by atoms with Gasteiger partial charge in [0.05, 0.1) is 19.4 Å². The summed E-state index contributed by atoms with van der Waals surface area (Å²) in [6.45, 7) is 7.69. The number of hydrogen-bond donors (Lipinski definition) is 1. The Bertz CT molecular complexity index is 708. The van der Waals surface area contributed by atoms with Crippen molar-refractivity contribution in [2.75, 3.05) is 26.1 Å². The average Bonchev–Trinajstić information content (AvgIpc) is 3.13. The van der Waals surface area contributed by atoms with E-state index in [9.17, 15) is 4.79 Å². The number of methoxy groups -OCH3 is 2. The Hall–Kier alpha value is -1.86. The van der Waals surface area contributed by atoms with Gasteiger partial charge in [0.15, 0.2) is 5.13 Å². The number of aryl methyl sites for hydroxylation is 1. The molecule has 0 fully saturated rings. The smallest absolute Gasteiger partial charge is 0.305 e. The highest BCUT2D eigenvalue weighted by molar-refractivity contribution is 7.14. The van der Waals surface area contributed by atoms with Crippen molar-refractivity contribution < 1.29 is 14.3 Å². The number of thiazole rings is 1. The molecule has 25 heavy (non-hydrogen) atoms. The van der Waals surface area contributed by atoms with Gasteiger partial charge >= 0.3 is 5.97 Å². The molecule has 0 saturated carbocycles. The van der Waals surface area contributed by atoms with Crippen LogP contribution in [-0.4, -0.2) is 42.4 Å². The van der Waals surface area contributed by atoms with Crippen molar-refractivity contribution in [3.63, 3.8) is 0 Å². The molecule has 1 N–H and O–H groups in total. The summed E-state index contributed by atoms with van der Waals surface area (Å²) >= 11 is 1.60. The average molecular weight is 365 g/mol. The number of ether oxygens (including phenoxy) is 2. The largest absolute Gasteiger partial charge is 0.469 e. The van der Waals surface area contributed by atoms with Gasteiger partial charge in [-0.15, -0.1) is 11.3 Å². The molecule has 0 bridgehead atoms. The molecule has 0 aliphatic carbocycles. The van der Waals surface area contributed by atoms with E-state index in [4.69, 9.17) is 14.5 Å². The summed E-state index contributed by atoms with van der Waals surface area (Å²) in [5.74, 6) is -0.164. The van der Waals surface area contributed by atoms with Crippen molar-refractivity contribution in [2.45, 2.75) is 46.2 Å². The number of esters is 1. The maximum Gasteiger partial charge on any atom is 0.305 e. The molecular formula is C18H27N3O3S. The lowest BCUT2D eigenvalue weighted by Crippen LogP contribution is -2.20. The molecule has 6 nitrogen and oxygen atoms in total. The van der Waals surface area contributed by atoms with Gasteiger partial charge in [0.1, 0.15) is 0 Å². The molecular weight excluding hydrogens is 338 g/mol. The van der Waals surface area contributed by atoms with Crippen molar-refractivity contribution >= 4 is 22.4 Å². The molecule has 2 rings (SSSR count). The Morgan fingerprint density at radius 3 is 2.84 bits per heavy atom. The Balaban J connectivity index is 2.09. The van der Waals surface area contributed by atoms with E-state index in [0.717, 1.165) is 29.4 Å². The van der Waals surface area contributed by atoms with Crippen LogP contribution < -0.4 is 5.32 Å². The van der Waals surface area contributed by atoms with Gasteiger partial charge in [-0.2, -0.15) is 0 Å². The Morgan fingerprint density at radius 1 is 1.40 bits per heavy atom. The molecule has 0 unspecified atom stereocenters. The SMILES string of the molecule is COC[C@H](C)Nc1nc(-c2cc(C)n(CCCC(=O)OC)c2C)cs1. The lowest BCUT2D eigenvalue weighted by Gasteiger charge is -2.10. The number of nitrogens with zero attached hydrogens (tertiary/aromatic N) is 2. The van der Waals surface area contributed by atoms with Crippen LogP contribution >= 0.6 is 11.3 Å². The Labute approximate surface area is 153 Å². The van der Waals surface area contributed by atoms with Crippen LogP contribution in [0.15, 0.2) is 11.4 Å². The van der Waals surface area contributed by atoms with Crippen LogP contribution in [-0.2, 0) is 20.8 Å². The lowest BCUT2D eigenvalue weighted by atomic mass is 10.2. The van der Waals surface area contributed by atoms with E-state index >= 15 is 0 Å². The minimum Gasteiger partial charge on any atom is -0.469 e. The maximum absolute atomic E-state index is 11.3. The third-order valence-corrected chi connectivity index (χ3v) is 4.90. The molecule has 2 aromatic heterocycles. The number of nitrogens with one attached hydrogen (secondary N) is 1. The molecule has 0 radical (unpaired) electrons. The normalized spacial score (nSPS) is 12.2. The van der Waals surface area contributed by atoms with Crippen molar-refractivity contribution in [2.24, 2.45) is 0 Å². The second kappa shape index (κ2) is 9.01. The lowest BCUT2D eigenvalue weighted by molar-refractivity contribution is -0.140. The number of hydrogen-bond acceptors (Lipinski definition) is 6. The van der Waals surface area contributed by atoms with Crippen LogP contribution in [0.25, 0.3) is 11.3 Å². The first-order valence-corrected chi connectivity index (χ1v) is 9.29. The van der Waals surface area contributed by atoms with Gasteiger partial charge in [-0.25, -0.2) is 4.98 Å². The van der Waals surface area contributed by atoms with Crippen molar-refractivity contribution in [1.29, 1.82) is 0 Å². The third-order valence-electron chi connectivity index (χ3n) is 4.13. The zero-order valence-corrected chi connectivity index (χ0v) is 16.4. The Morgan fingerprint density at radius 2 is 2.16 bits per heavy atom. The summed E-state index contributed by atoms with van der Waals surface area (Å²) in [7, 11) is 3.12. The number of anilines is 1. The van der Waals surface area contributed by atoms with Gasteiger partial charge in [-0.1, -0.05) is 0 Å². The van der Waals surface area contributed by atoms with E-state index in [1.165, 1.54) is 18.5 Å². The molecule has 1 atom stereocenters. The molecule has 0 amide bonds. The topological polar surface area (TPSA) is 65.4 Å². The first-order chi connectivity index (χ1) is 12.0. The first-order valence-electron chi connectivity index (χ1n) is 8.41. The van der Waals surface area contributed by atoms with E-state index in [0.29, 0.717) is 13.0 Å². The molecule has 2 aromatic rings. The highest BCUT2D eigenvalue weighted by Gasteiger charge is 2.14. The van der Waals surface area contributed by atoms with Gasteiger partial charge in [0.2, 0.25) is 0 Å². The summed E-state index contributed by atoms with van der Waals surface area (Å²) in [6.07, 6.45) is 1.20. The second-order valence-electron chi connectivity index (χ2n) is 6.15. The summed E-state index contributed by atoms with van der Waals surface area (Å²) in [5, 5.41) is 6.32. The number of rotatable bonds is 9. The Kier molecular flexibility index (Phi) is 7.01. The molecule has 0 saturated heterocycles. The van der Waals surface area contributed by atoms with Gasteiger partial charge in [-0.3, -0.25) is 4.79 Å². The van der Waals surface area contributed by atoms with Gasteiger partial charge in [-0.05, 0) is 33.3 Å². The summed E-state index contributed by atoms with van der Waals surface area (Å²) in [6, 6.07) is 2.37. The zero-order chi connectivity index (χ0) is 18.4. The predicted molar refractivity (Wildman–Crippen MR) is 101 cm³/mol. The monoisotopic (exact) mass is 365 g/mol. The fraction of sp³-hybridized carbons (Fsp3) is 0.556. The highest BCUT2D eigenvalue weighted by Crippen LogP contribution is 2.30. The van der Waals surface area contributed by atoms with Crippen LogP contribution in [0.3, 0.4) is 0 Å². The standard InChI is InChI=1S/C18H27N3O3S/c1-12(10-23-4)19-18-20-16(11-25-18)15-9-13(2)21(14(15)3)8-6-7-17(22)24-5/h9,11-12H,6-8,10H2,1-5H3,(H,19,20)/t12-/m0/s1. The first kappa shape index (κ1) is 19.5. The molecule has 0 aliphatic rings. The zero-order valence-electron chi connectivity index (χ0n) is 15.6. The number of aromatic nitrogens is 2. The fourth-order valence-corrected chi connectivity index (χ4v) is 3.68. The molecule has 7 heteroatoms. The van der Waals surface area contributed by atoms with E-state index < -0.39 is 0 Å². The van der Waals surface area contributed by atoms with E-state index in [1.54, 1.807) is 18.4 Å². The summed E-state index contributed by atoms with van der Waals surface area (Å²) in [5.41, 5.74) is 4.46. The molecule has 0 spiro atoms. The minimum absolute atomic E-state index is 0.164. The predicted octanol–water partition coefficient (Wildman–Crippen LogP) is 3.63. The molecule has 2 heterocycles. The molecule has 0 aromatic carbocycles. The van der Waals surface area contributed by atoms with Crippen LogP contribution in [0, 0.1) is 13.8 Å². The van der Waals surface area contributed by atoms with Crippen LogP contribution in [0.4, 0.5) is 5.13 Å². The van der Waals surface area contributed by atoms with Crippen LogP contribution in [0.2, 0.25) is 0 Å². The van der Waals surface area contributed by atoms with Gasteiger partial charge < -0.3 is 19.4 Å². The van der Waals surface area contributed by atoms with Crippen LogP contribution in [0.5, 0.6) is 0 Å². The quantitative estimate of drug-likeness (QED) is 0.688. The number of carbonyl (C=O) groups is 1. The number of carbonyl (C=O) groups excluding carboxylic acids is 1. The van der Waals surface area contributed by atoms with Crippen LogP contribution in [0.1, 0.15) is 31.2 Å². The summed E-state index contributed by atoms with van der Waals surface area (Å²) < 4.78 is 12.1. The maximum atomic E-state index is 11.3. The third kappa shape index (κ3) is 5.06. The van der Waals surface area contributed by atoms with E-state index in [1.807, 2.05) is 0 Å². The van der Waals surface area contributed by atoms with Crippen molar-refractivity contribution in [3.05, 3.63) is 22.8 Å². The fourth-order valence-electron chi connectivity index (χ4n) is 2.85. The highest BCUT2D eigenvalue weighted by atomic mass is 32.1. The van der Waals surface area contributed by atoms with Gasteiger partial charge in [0.25, 0.3) is 0 Å². The van der Waals surface area contributed by atoms with E-state index in [2.05, 4.69) is 42.1 Å². The minimum atomic E-state index is -0.164. The second-order valence-corrected chi connectivity index (χ2v) is 7.01. The molecule has 0 aliphatic heterocycles. The van der Waals surface area contributed by atoms with Crippen molar-refractivity contribution in [3.8, 4) is 11.3 Å². The van der Waals surface area contributed by atoms with Gasteiger partial charge in [0, 0.05) is 48.4 Å². The molecule has 138 valence electrons. The van der Waals surface area contributed by atoms with Crippen molar-refractivity contribution in [1.82, 2.24) is 9.55 Å². The summed E-state index contributed by atoms with van der Waals surface area (Å²) in [4.78, 5) is 16.0.